The molecule has 120 valence electrons. The van der Waals surface area contributed by atoms with Crippen molar-refractivity contribution in [2.24, 2.45) is 17.1 Å². The molecule has 21 heavy (non-hydrogen) atoms. The van der Waals surface area contributed by atoms with Crippen molar-refractivity contribution in [3.8, 4) is 0 Å². The lowest BCUT2D eigenvalue weighted by Crippen LogP contribution is -2.48. The van der Waals surface area contributed by atoms with Crippen LogP contribution in [-0.4, -0.2) is 42.9 Å². The second-order valence-corrected chi connectivity index (χ2v) is 6.76. The van der Waals surface area contributed by atoms with Gasteiger partial charge in [0.2, 0.25) is 11.8 Å². The van der Waals surface area contributed by atoms with E-state index in [4.69, 9.17) is 5.73 Å². The van der Waals surface area contributed by atoms with Gasteiger partial charge in [0.05, 0.1) is 5.41 Å². The second kappa shape index (κ2) is 7.25. The van der Waals surface area contributed by atoms with Gasteiger partial charge in [-0.1, -0.05) is 6.92 Å². The summed E-state index contributed by atoms with van der Waals surface area (Å²) in [5.41, 5.74) is 5.48. The first-order chi connectivity index (χ1) is 10.1. The minimum Gasteiger partial charge on any atom is -0.355 e. The Bertz CT molecular complexity index is 370. The van der Waals surface area contributed by atoms with E-state index in [1.54, 1.807) is 0 Å². The number of nitrogens with two attached hydrogens (primary N) is 1. The summed E-state index contributed by atoms with van der Waals surface area (Å²) in [6.07, 6.45) is 6.49. The van der Waals surface area contributed by atoms with Crippen LogP contribution in [0.5, 0.6) is 0 Å². The van der Waals surface area contributed by atoms with Gasteiger partial charge >= 0.3 is 0 Å². The van der Waals surface area contributed by atoms with Crippen molar-refractivity contribution in [1.82, 2.24) is 10.2 Å². The Balaban J connectivity index is 1.76. The van der Waals surface area contributed by atoms with Crippen molar-refractivity contribution < 1.29 is 9.59 Å². The summed E-state index contributed by atoms with van der Waals surface area (Å²) in [6.45, 7) is 4.82. The zero-order valence-corrected chi connectivity index (χ0v) is 13.2. The molecule has 0 radical (unpaired) electrons. The average molecular weight is 295 g/mol. The van der Waals surface area contributed by atoms with Crippen molar-refractivity contribution >= 4 is 11.8 Å². The summed E-state index contributed by atoms with van der Waals surface area (Å²) < 4.78 is 0. The zero-order valence-electron chi connectivity index (χ0n) is 13.2. The molecule has 0 unspecified atom stereocenters. The number of hydrogen-bond acceptors (Lipinski definition) is 3. The third kappa shape index (κ3) is 3.96. The SMILES string of the molecule is CC1CCC(CN)(C(=O)NCCC(=O)N2CCCC2)CC1. The third-order valence-corrected chi connectivity index (χ3v) is 5.19. The number of rotatable bonds is 5. The minimum absolute atomic E-state index is 0.0473. The molecule has 1 aliphatic carbocycles. The minimum atomic E-state index is -0.400. The first-order valence-corrected chi connectivity index (χ1v) is 8.33. The molecule has 2 rings (SSSR count). The van der Waals surface area contributed by atoms with Crippen molar-refractivity contribution in [2.75, 3.05) is 26.2 Å². The highest BCUT2D eigenvalue weighted by Gasteiger charge is 2.39. The molecule has 0 bridgehead atoms. The Morgan fingerprint density at radius 3 is 2.43 bits per heavy atom. The van der Waals surface area contributed by atoms with Crippen LogP contribution in [0.3, 0.4) is 0 Å². The number of nitrogens with zero attached hydrogens (tertiary/aromatic N) is 1. The number of hydrogen-bond donors (Lipinski definition) is 2. The van der Waals surface area contributed by atoms with Crippen molar-refractivity contribution in [3.63, 3.8) is 0 Å². The van der Waals surface area contributed by atoms with E-state index in [2.05, 4.69) is 12.2 Å². The highest BCUT2D eigenvalue weighted by Crippen LogP contribution is 2.38. The van der Waals surface area contributed by atoms with Gasteiger partial charge in [0.25, 0.3) is 0 Å². The molecule has 3 N–H and O–H groups in total. The van der Waals surface area contributed by atoms with Gasteiger partial charge < -0.3 is 16.0 Å². The topological polar surface area (TPSA) is 75.4 Å². The van der Waals surface area contributed by atoms with E-state index >= 15 is 0 Å². The molecule has 1 saturated heterocycles. The van der Waals surface area contributed by atoms with Gasteiger partial charge in [0.15, 0.2) is 0 Å². The van der Waals surface area contributed by atoms with Gasteiger partial charge in [-0.05, 0) is 44.4 Å². The maximum Gasteiger partial charge on any atom is 0.227 e. The van der Waals surface area contributed by atoms with Crippen molar-refractivity contribution in [1.29, 1.82) is 0 Å². The van der Waals surface area contributed by atoms with E-state index in [0.717, 1.165) is 51.6 Å². The molecule has 0 aromatic rings. The summed E-state index contributed by atoms with van der Waals surface area (Å²) in [5, 5.41) is 2.95. The molecule has 1 heterocycles. The molecule has 2 fully saturated rings. The van der Waals surface area contributed by atoms with Gasteiger partial charge in [0, 0.05) is 32.6 Å². The quantitative estimate of drug-likeness (QED) is 0.802. The van der Waals surface area contributed by atoms with E-state index in [1.165, 1.54) is 0 Å². The normalized spacial score (nSPS) is 29.4. The summed E-state index contributed by atoms with van der Waals surface area (Å²) in [7, 11) is 0. The Labute approximate surface area is 127 Å². The third-order valence-electron chi connectivity index (χ3n) is 5.19. The van der Waals surface area contributed by atoms with Crippen LogP contribution < -0.4 is 11.1 Å². The number of carbonyl (C=O) groups excluding carboxylic acids is 2. The van der Waals surface area contributed by atoms with Crippen molar-refractivity contribution in [2.45, 2.75) is 51.9 Å². The maximum absolute atomic E-state index is 12.4. The summed E-state index contributed by atoms with van der Waals surface area (Å²) in [6, 6.07) is 0. The highest BCUT2D eigenvalue weighted by atomic mass is 16.2. The highest BCUT2D eigenvalue weighted by molar-refractivity contribution is 5.84. The molecule has 0 atom stereocenters. The fourth-order valence-corrected chi connectivity index (χ4v) is 3.43. The van der Waals surface area contributed by atoms with E-state index in [9.17, 15) is 9.59 Å². The molecule has 2 amide bonds. The summed E-state index contributed by atoms with van der Waals surface area (Å²) >= 11 is 0. The lowest BCUT2D eigenvalue weighted by molar-refractivity contribution is -0.133. The summed E-state index contributed by atoms with van der Waals surface area (Å²) in [5.74, 6) is 0.896. The largest absolute Gasteiger partial charge is 0.355 e. The fourth-order valence-electron chi connectivity index (χ4n) is 3.43. The molecule has 0 spiro atoms. The van der Waals surface area contributed by atoms with Gasteiger partial charge in [-0.2, -0.15) is 0 Å². The van der Waals surface area contributed by atoms with Gasteiger partial charge in [-0.15, -0.1) is 0 Å². The van der Waals surface area contributed by atoms with E-state index in [0.29, 0.717) is 25.4 Å². The van der Waals surface area contributed by atoms with Crippen LogP contribution in [0.4, 0.5) is 0 Å². The molecule has 0 aromatic heterocycles. The average Bonchev–Trinajstić information content (AvgIpc) is 3.02. The van der Waals surface area contributed by atoms with Crippen LogP contribution in [-0.2, 0) is 9.59 Å². The Morgan fingerprint density at radius 2 is 1.86 bits per heavy atom. The fraction of sp³-hybridized carbons (Fsp3) is 0.875. The van der Waals surface area contributed by atoms with Gasteiger partial charge in [0.1, 0.15) is 0 Å². The molecule has 1 aliphatic heterocycles. The zero-order chi connectivity index (χ0) is 15.3. The number of likely N-dealkylation sites (tertiary alicyclic amines) is 1. The lowest BCUT2D eigenvalue weighted by Gasteiger charge is -2.37. The van der Waals surface area contributed by atoms with E-state index in [1.807, 2.05) is 4.90 Å². The number of nitrogens with one attached hydrogen (secondary N) is 1. The van der Waals surface area contributed by atoms with Crippen LogP contribution in [0.1, 0.15) is 51.9 Å². The van der Waals surface area contributed by atoms with Crippen LogP contribution in [0.25, 0.3) is 0 Å². The first kappa shape index (κ1) is 16.3. The number of carbonyl (C=O) groups is 2. The standard InChI is InChI=1S/C16H29N3O2/c1-13-4-7-16(12-17,8-5-13)15(21)18-9-6-14(20)19-10-2-3-11-19/h13H,2-12,17H2,1H3,(H,18,21). The Morgan fingerprint density at radius 1 is 1.24 bits per heavy atom. The molecule has 5 nitrogen and oxygen atoms in total. The van der Waals surface area contributed by atoms with E-state index in [-0.39, 0.29) is 11.8 Å². The van der Waals surface area contributed by atoms with Gasteiger partial charge in [-0.25, -0.2) is 0 Å². The monoisotopic (exact) mass is 295 g/mol. The van der Waals surface area contributed by atoms with Crippen LogP contribution >= 0.6 is 0 Å². The maximum atomic E-state index is 12.4. The number of amides is 2. The summed E-state index contributed by atoms with van der Waals surface area (Å²) in [4.78, 5) is 26.3. The van der Waals surface area contributed by atoms with Crippen molar-refractivity contribution in [3.05, 3.63) is 0 Å². The molecule has 5 heteroatoms. The smallest absolute Gasteiger partial charge is 0.227 e. The van der Waals surface area contributed by atoms with Crippen LogP contribution in [0.2, 0.25) is 0 Å². The van der Waals surface area contributed by atoms with Gasteiger partial charge in [-0.3, -0.25) is 9.59 Å². The first-order valence-electron chi connectivity index (χ1n) is 8.33. The Hall–Kier alpha value is -1.10. The van der Waals surface area contributed by atoms with Crippen LogP contribution in [0.15, 0.2) is 0 Å². The second-order valence-electron chi connectivity index (χ2n) is 6.76. The predicted molar refractivity (Wildman–Crippen MR) is 82.6 cm³/mol. The molecule has 0 aromatic carbocycles. The molecule has 1 saturated carbocycles. The van der Waals surface area contributed by atoms with Crippen LogP contribution in [0, 0.1) is 11.3 Å². The Kier molecular flexibility index (Phi) is 5.62. The lowest BCUT2D eigenvalue weighted by atomic mass is 9.70. The van der Waals surface area contributed by atoms with E-state index < -0.39 is 5.41 Å². The molecule has 2 aliphatic rings. The molecular weight excluding hydrogens is 266 g/mol. The predicted octanol–water partition coefficient (Wildman–Crippen LogP) is 1.27. The molecular formula is C16H29N3O2.